The molecule has 2 aromatic carbocycles. The zero-order valence-electron chi connectivity index (χ0n) is 14.4. The van der Waals surface area contributed by atoms with E-state index < -0.39 is 6.03 Å². The van der Waals surface area contributed by atoms with Crippen LogP contribution in [0.5, 0.6) is 5.75 Å². The fourth-order valence-corrected chi connectivity index (χ4v) is 2.46. The number of methoxy groups -OCH3 is 1. The fraction of sp³-hybridized carbons (Fsp3) is 0.222. The van der Waals surface area contributed by atoms with Crippen molar-refractivity contribution >= 4 is 40.8 Å². The van der Waals surface area contributed by atoms with Crippen molar-refractivity contribution in [1.82, 2.24) is 10.6 Å². The highest BCUT2D eigenvalue weighted by Crippen LogP contribution is 2.25. The average molecular weight is 396 g/mol. The first kappa shape index (κ1) is 19.9. The van der Waals surface area contributed by atoms with Gasteiger partial charge in [-0.1, -0.05) is 29.3 Å². The number of halogens is 2. The number of carbonyl (C=O) groups is 2. The number of carbonyl (C=O) groups excluding carboxylic acids is 2. The summed E-state index contributed by atoms with van der Waals surface area (Å²) < 4.78 is 5.23. The van der Waals surface area contributed by atoms with Crippen LogP contribution in [0.3, 0.4) is 0 Å². The maximum atomic E-state index is 12.0. The van der Waals surface area contributed by atoms with Gasteiger partial charge in [0.05, 0.1) is 22.8 Å². The van der Waals surface area contributed by atoms with Gasteiger partial charge in [-0.25, -0.2) is 4.79 Å². The van der Waals surface area contributed by atoms with Gasteiger partial charge in [0.2, 0.25) is 0 Å². The lowest BCUT2D eigenvalue weighted by Gasteiger charge is -2.12. The Balaban J connectivity index is 1.78. The number of hydrogen-bond donors (Lipinski definition) is 3. The van der Waals surface area contributed by atoms with Crippen LogP contribution < -0.4 is 20.7 Å². The summed E-state index contributed by atoms with van der Waals surface area (Å²) in [7, 11) is 1.54. The van der Waals surface area contributed by atoms with Crippen LogP contribution in [0.4, 0.5) is 10.5 Å². The molecule has 0 unspecified atom stereocenters. The Bertz CT molecular complexity index is 812. The molecule has 2 aromatic rings. The average Bonchev–Trinajstić information content (AvgIpc) is 2.62. The van der Waals surface area contributed by atoms with E-state index in [1.807, 2.05) is 19.1 Å². The number of nitrogens with one attached hydrogen (secondary N) is 3. The van der Waals surface area contributed by atoms with Crippen molar-refractivity contribution in [2.75, 3.05) is 25.5 Å². The molecule has 0 bridgehead atoms. The van der Waals surface area contributed by atoms with E-state index in [4.69, 9.17) is 27.9 Å². The molecular weight excluding hydrogens is 377 g/mol. The molecule has 0 radical (unpaired) electrons. The molecule has 2 rings (SSSR count). The van der Waals surface area contributed by atoms with E-state index in [1.165, 1.54) is 13.2 Å². The molecule has 0 aliphatic carbocycles. The van der Waals surface area contributed by atoms with Crippen LogP contribution in [0.1, 0.15) is 15.9 Å². The second-order valence-corrected chi connectivity index (χ2v) is 6.28. The molecule has 8 heteroatoms. The Morgan fingerprint density at radius 3 is 2.42 bits per heavy atom. The summed E-state index contributed by atoms with van der Waals surface area (Å²) in [5.74, 6) is 0.277. The van der Waals surface area contributed by atoms with Crippen molar-refractivity contribution in [2.24, 2.45) is 0 Å². The summed E-state index contributed by atoms with van der Waals surface area (Å²) in [6, 6.07) is 9.69. The third-order valence-corrected chi connectivity index (χ3v) is 4.22. The molecule has 0 atom stereocenters. The van der Waals surface area contributed by atoms with Crippen molar-refractivity contribution < 1.29 is 14.3 Å². The highest BCUT2D eigenvalue weighted by molar-refractivity contribution is 6.42. The summed E-state index contributed by atoms with van der Waals surface area (Å²) in [4.78, 5) is 23.9. The van der Waals surface area contributed by atoms with Crippen molar-refractivity contribution in [3.8, 4) is 5.75 Å². The minimum absolute atomic E-state index is 0.257. The smallest absolute Gasteiger partial charge is 0.319 e. The van der Waals surface area contributed by atoms with E-state index in [9.17, 15) is 9.59 Å². The first-order valence-corrected chi connectivity index (χ1v) is 8.59. The molecule has 138 valence electrons. The minimum atomic E-state index is -0.393. The summed E-state index contributed by atoms with van der Waals surface area (Å²) >= 11 is 11.7. The van der Waals surface area contributed by atoms with Crippen LogP contribution in [0.2, 0.25) is 10.0 Å². The Labute approximate surface area is 161 Å². The fourth-order valence-electron chi connectivity index (χ4n) is 2.16. The summed E-state index contributed by atoms with van der Waals surface area (Å²) in [5.41, 5.74) is 1.99. The Hall–Kier alpha value is -2.44. The van der Waals surface area contributed by atoms with Gasteiger partial charge in [-0.05, 0) is 42.8 Å². The number of ether oxygens (including phenoxy) is 1. The maximum Gasteiger partial charge on any atom is 0.319 e. The normalized spacial score (nSPS) is 10.2. The Morgan fingerprint density at radius 1 is 1.00 bits per heavy atom. The van der Waals surface area contributed by atoms with Crippen LogP contribution in [-0.4, -0.2) is 32.1 Å². The van der Waals surface area contributed by atoms with Crippen LogP contribution in [-0.2, 0) is 0 Å². The third-order valence-electron chi connectivity index (χ3n) is 3.48. The highest BCUT2D eigenvalue weighted by atomic mass is 35.5. The topological polar surface area (TPSA) is 79.5 Å². The van der Waals surface area contributed by atoms with E-state index in [2.05, 4.69) is 16.0 Å². The van der Waals surface area contributed by atoms with Gasteiger partial charge >= 0.3 is 6.03 Å². The van der Waals surface area contributed by atoms with Gasteiger partial charge in [0.1, 0.15) is 5.75 Å². The second-order valence-electron chi connectivity index (χ2n) is 5.47. The van der Waals surface area contributed by atoms with Crippen molar-refractivity contribution in [3.05, 3.63) is 57.6 Å². The quantitative estimate of drug-likeness (QED) is 0.649. The molecule has 0 fully saturated rings. The maximum absolute atomic E-state index is 12.0. The summed E-state index contributed by atoms with van der Waals surface area (Å²) in [6.45, 7) is 2.45. The molecule has 0 aliphatic rings. The molecule has 0 aromatic heterocycles. The van der Waals surface area contributed by atoms with Gasteiger partial charge in [-0.2, -0.15) is 0 Å². The number of aryl methyl sites for hydroxylation is 1. The first-order chi connectivity index (χ1) is 12.4. The van der Waals surface area contributed by atoms with Crippen LogP contribution in [0, 0.1) is 6.92 Å². The zero-order chi connectivity index (χ0) is 19.1. The zero-order valence-corrected chi connectivity index (χ0v) is 15.9. The third kappa shape index (κ3) is 5.54. The lowest BCUT2D eigenvalue weighted by atomic mass is 10.2. The lowest BCUT2D eigenvalue weighted by molar-refractivity contribution is 0.0954. The highest BCUT2D eigenvalue weighted by Gasteiger charge is 2.09. The number of benzene rings is 2. The molecule has 26 heavy (non-hydrogen) atoms. The molecule has 3 N–H and O–H groups in total. The van der Waals surface area contributed by atoms with Gasteiger partial charge in [-0.15, -0.1) is 0 Å². The van der Waals surface area contributed by atoms with Gasteiger partial charge < -0.3 is 20.7 Å². The van der Waals surface area contributed by atoms with Crippen LogP contribution >= 0.6 is 23.2 Å². The van der Waals surface area contributed by atoms with Gasteiger partial charge in [-0.3, -0.25) is 4.79 Å². The van der Waals surface area contributed by atoms with Gasteiger partial charge in [0.15, 0.2) is 0 Å². The van der Waals surface area contributed by atoms with E-state index in [1.54, 1.807) is 18.2 Å². The standard InChI is InChI=1S/C18H19Cl2N3O3/c1-11-3-6-15(16(9-11)26-2)23-18(25)22-8-7-21-17(24)12-4-5-13(19)14(20)10-12/h3-6,9-10H,7-8H2,1-2H3,(H,21,24)(H2,22,23,25). The molecule has 0 saturated heterocycles. The largest absolute Gasteiger partial charge is 0.495 e. The Kier molecular flexibility index (Phi) is 7.12. The van der Waals surface area contributed by atoms with Crippen molar-refractivity contribution in [3.63, 3.8) is 0 Å². The molecule has 0 heterocycles. The Morgan fingerprint density at radius 2 is 1.73 bits per heavy atom. The van der Waals surface area contributed by atoms with Crippen molar-refractivity contribution in [1.29, 1.82) is 0 Å². The van der Waals surface area contributed by atoms with E-state index >= 15 is 0 Å². The van der Waals surface area contributed by atoms with Crippen LogP contribution in [0.15, 0.2) is 36.4 Å². The van der Waals surface area contributed by atoms with Gasteiger partial charge in [0, 0.05) is 18.7 Å². The van der Waals surface area contributed by atoms with Gasteiger partial charge in [0.25, 0.3) is 5.91 Å². The number of amides is 3. The van der Waals surface area contributed by atoms with Crippen LogP contribution in [0.25, 0.3) is 0 Å². The SMILES string of the molecule is COc1cc(C)ccc1NC(=O)NCCNC(=O)c1ccc(Cl)c(Cl)c1. The second kappa shape index (κ2) is 9.31. The molecule has 0 spiro atoms. The number of hydrogen-bond acceptors (Lipinski definition) is 3. The minimum Gasteiger partial charge on any atom is -0.495 e. The molecule has 6 nitrogen and oxygen atoms in total. The van der Waals surface area contributed by atoms with E-state index in [0.717, 1.165) is 5.56 Å². The monoisotopic (exact) mass is 395 g/mol. The number of anilines is 1. The first-order valence-electron chi connectivity index (χ1n) is 7.83. The van der Waals surface area contributed by atoms with Crippen molar-refractivity contribution in [2.45, 2.75) is 6.92 Å². The number of rotatable bonds is 6. The summed E-state index contributed by atoms with van der Waals surface area (Å²) in [5, 5.41) is 8.74. The predicted octanol–water partition coefficient (Wildman–Crippen LogP) is 3.86. The molecule has 3 amide bonds. The predicted molar refractivity (Wildman–Crippen MR) is 104 cm³/mol. The number of urea groups is 1. The summed E-state index contributed by atoms with van der Waals surface area (Å²) in [6.07, 6.45) is 0. The van der Waals surface area contributed by atoms with E-state index in [0.29, 0.717) is 27.0 Å². The lowest BCUT2D eigenvalue weighted by Crippen LogP contribution is -2.36. The molecule has 0 saturated carbocycles. The molecular formula is C18H19Cl2N3O3. The van der Waals surface area contributed by atoms with E-state index in [-0.39, 0.29) is 19.0 Å². The molecule has 0 aliphatic heterocycles.